The number of halogens is 1. The van der Waals surface area contributed by atoms with E-state index in [0.29, 0.717) is 4.91 Å². The molecule has 0 unspecified atom stereocenters. The molecule has 8 heavy (non-hydrogen) atoms. The molecule has 0 spiro atoms. The third kappa shape index (κ3) is 2.86. The maximum absolute atomic E-state index is 12.1. The van der Waals surface area contributed by atoms with Gasteiger partial charge in [-0.15, -0.1) is 11.8 Å². The quantitative estimate of drug-likeness (QED) is 0.556. The molecule has 0 aromatic heterocycles. The molecule has 0 aliphatic carbocycles. The molecule has 0 aromatic carbocycles. The second kappa shape index (κ2) is 3.72. The Morgan fingerprint density at radius 3 is 2.25 bits per heavy atom. The van der Waals surface area contributed by atoms with E-state index in [2.05, 4.69) is 6.58 Å². The summed E-state index contributed by atoms with van der Waals surface area (Å²) in [6.45, 7) is 6.61. The highest BCUT2D eigenvalue weighted by atomic mass is 32.2. The van der Waals surface area contributed by atoms with Gasteiger partial charge in [-0.05, 0) is 19.3 Å². The molecule has 0 bridgehead atoms. The molecule has 46 valence electrons. The van der Waals surface area contributed by atoms with Crippen molar-refractivity contribution in [2.75, 3.05) is 0 Å². The highest BCUT2D eigenvalue weighted by Gasteiger charge is 1.90. The second-order valence-electron chi connectivity index (χ2n) is 1.37. The third-order valence-corrected chi connectivity index (χ3v) is 1.55. The van der Waals surface area contributed by atoms with Crippen LogP contribution in [-0.4, -0.2) is 0 Å². The van der Waals surface area contributed by atoms with Crippen molar-refractivity contribution < 1.29 is 4.39 Å². The second-order valence-corrected chi connectivity index (χ2v) is 2.56. The van der Waals surface area contributed by atoms with Crippen LogP contribution in [0.15, 0.2) is 22.7 Å². The summed E-state index contributed by atoms with van der Waals surface area (Å²) in [5, 5.41) is 1.61. The van der Waals surface area contributed by atoms with Gasteiger partial charge in [-0.2, -0.15) is 0 Å². The van der Waals surface area contributed by atoms with Crippen LogP contribution < -0.4 is 0 Å². The number of rotatable bonds is 2. The van der Waals surface area contributed by atoms with Crippen LogP contribution in [0.2, 0.25) is 0 Å². The van der Waals surface area contributed by atoms with Crippen molar-refractivity contribution in [2.45, 2.75) is 13.8 Å². The molecule has 0 aliphatic rings. The lowest BCUT2D eigenvalue weighted by Crippen LogP contribution is -1.65. The van der Waals surface area contributed by atoms with Gasteiger partial charge in [-0.25, -0.2) is 4.39 Å². The number of hydrogen-bond acceptors (Lipinski definition) is 1. The summed E-state index contributed by atoms with van der Waals surface area (Å²) in [4.78, 5) is 0.681. The highest BCUT2D eigenvalue weighted by molar-refractivity contribution is 8.05. The van der Waals surface area contributed by atoms with E-state index in [1.807, 2.05) is 0 Å². The fourth-order valence-corrected chi connectivity index (χ4v) is 0.619. The molecular formula is C6H9FS. The molecule has 0 rings (SSSR count). The fourth-order valence-electron chi connectivity index (χ4n) is 0.206. The van der Waals surface area contributed by atoms with Gasteiger partial charge in [0, 0.05) is 4.91 Å². The Bertz CT molecular complexity index is 112. The smallest absolute Gasteiger partial charge is 0.106 e. The number of hydrogen-bond donors (Lipinski definition) is 0. The maximum atomic E-state index is 12.1. The van der Waals surface area contributed by atoms with E-state index in [-0.39, 0.29) is 5.83 Å². The minimum absolute atomic E-state index is 0.130. The van der Waals surface area contributed by atoms with Gasteiger partial charge in [-0.3, -0.25) is 0 Å². The summed E-state index contributed by atoms with van der Waals surface area (Å²) in [6, 6.07) is 0. The van der Waals surface area contributed by atoms with Gasteiger partial charge in [0.05, 0.1) is 0 Å². The minimum Gasteiger partial charge on any atom is -0.211 e. The average Bonchev–Trinajstić information content (AvgIpc) is 1.67. The zero-order valence-electron chi connectivity index (χ0n) is 5.07. The molecule has 0 heterocycles. The molecule has 0 aliphatic heterocycles. The SMILES string of the molecule is C=CS/C(C)=C(\C)F. The molecule has 0 nitrogen and oxygen atoms in total. The van der Waals surface area contributed by atoms with Crippen LogP contribution in [0.1, 0.15) is 13.8 Å². The average molecular weight is 132 g/mol. The lowest BCUT2D eigenvalue weighted by Gasteiger charge is -1.91. The first-order chi connectivity index (χ1) is 3.68. The van der Waals surface area contributed by atoms with Crippen LogP contribution in [-0.2, 0) is 0 Å². The van der Waals surface area contributed by atoms with Crippen molar-refractivity contribution in [3.05, 3.63) is 22.7 Å². The van der Waals surface area contributed by atoms with Gasteiger partial charge in [0.15, 0.2) is 0 Å². The van der Waals surface area contributed by atoms with E-state index in [0.717, 1.165) is 0 Å². The first-order valence-corrected chi connectivity index (χ1v) is 3.17. The van der Waals surface area contributed by atoms with Gasteiger partial charge in [-0.1, -0.05) is 6.58 Å². The van der Waals surface area contributed by atoms with Crippen molar-refractivity contribution in [1.82, 2.24) is 0 Å². The zero-order valence-corrected chi connectivity index (χ0v) is 5.89. The monoisotopic (exact) mass is 132 g/mol. The number of thioether (sulfide) groups is 1. The summed E-state index contributed by atoms with van der Waals surface area (Å²) in [7, 11) is 0. The van der Waals surface area contributed by atoms with Gasteiger partial charge in [0.25, 0.3) is 0 Å². The standard InChI is InChI=1S/C6H9FS/c1-4-8-6(3)5(2)7/h4H,1H2,2-3H3/b6-5+. The van der Waals surface area contributed by atoms with E-state index < -0.39 is 0 Å². The molecular weight excluding hydrogens is 123 g/mol. The van der Waals surface area contributed by atoms with Gasteiger partial charge < -0.3 is 0 Å². The molecule has 0 N–H and O–H groups in total. The van der Waals surface area contributed by atoms with E-state index in [4.69, 9.17) is 0 Å². The van der Waals surface area contributed by atoms with Crippen molar-refractivity contribution in [3.63, 3.8) is 0 Å². The van der Waals surface area contributed by atoms with Gasteiger partial charge in [0.2, 0.25) is 0 Å². The topological polar surface area (TPSA) is 0 Å². The van der Waals surface area contributed by atoms with Crippen LogP contribution in [0, 0.1) is 0 Å². The Morgan fingerprint density at radius 2 is 2.12 bits per heavy atom. The van der Waals surface area contributed by atoms with Crippen molar-refractivity contribution >= 4 is 11.8 Å². The van der Waals surface area contributed by atoms with E-state index >= 15 is 0 Å². The van der Waals surface area contributed by atoms with Crippen LogP contribution >= 0.6 is 11.8 Å². The summed E-state index contributed by atoms with van der Waals surface area (Å²) in [5.74, 6) is -0.130. The predicted octanol–water partition coefficient (Wildman–Crippen LogP) is 3.08. The Morgan fingerprint density at radius 1 is 1.62 bits per heavy atom. The first-order valence-electron chi connectivity index (χ1n) is 2.29. The zero-order chi connectivity index (χ0) is 6.57. The summed E-state index contributed by atoms with van der Waals surface area (Å²) in [6.07, 6.45) is 0. The van der Waals surface area contributed by atoms with Crippen LogP contribution in [0.4, 0.5) is 4.39 Å². The Labute approximate surface area is 53.5 Å². The highest BCUT2D eigenvalue weighted by Crippen LogP contribution is 2.19. The molecule has 0 atom stereocenters. The van der Waals surface area contributed by atoms with Gasteiger partial charge in [0.1, 0.15) is 5.83 Å². The maximum Gasteiger partial charge on any atom is 0.106 e. The fraction of sp³-hybridized carbons (Fsp3) is 0.333. The van der Waals surface area contributed by atoms with Crippen LogP contribution in [0.25, 0.3) is 0 Å². The Balaban J connectivity index is 3.79. The molecule has 0 radical (unpaired) electrons. The Kier molecular flexibility index (Phi) is 3.61. The van der Waals surface area contributed by atoms with Crippen molar-refractivity contribution in [2.24, 2.45) is 0 Å². The van der Waals surface area contributed by atoms with Crippen LogP contribution in [0.3, 0.4) is 0 Å². The molecule has 0 fully saturated rings. The summed E-state index contributed by atoms with van der Waals surface area (Å²) < 4.78 is 12.1. The molecule has 0 saturated heterocycles. The van der Waals surface area contributed by atoms with E-state index in [9.17, 15) is 4.39 Å². The predicted molar refractivity (Wildman–Crippen MR) is 37.3 cm³/mol. The van der Waals surface area contributed by atoms with Gasteiger partial charge >= 0.3 is 0 Å². The first kappa shape index (κ1) is 7.76. The van der Waals surface area contributed by atoms with Crippen molar-refractivity contribution in [3.8, 4) is 0 Å². The lowest BCUT2D eigenvalue weighted by molar-refractivity contribution is 0.636. The molecule has 0 aromatic rings. The van der Waals surface area contributed by atoms with E-state index in [1.54, 1.807) is 12.3 Å². The third-order valence-electron chi connectivity index (χ3n) is 0.745. The van der Waals surface area contributed by atoms with Crippen molar-refractivity contribution in [1.29, 1.82) is 0 Å². The molecule has 0 amide bonds. The summed E-state index contributed by atoms with van der Waals surface area (Å²) in [5.41, 5.74) is 0. The van der Waals surface area contributed by atoms with E-state index in [1.165, 1.54) is 18.7 Å². The summed E-state index contributed by atoms with van der Waals surface area (Å²) >= 11 is 1.31. The number of allylic oxidation sites excluding steroid dienone is 2. The molecule has 2 heteroatoms. The largest absolute Gasteiger partial charge is 0.211 e. The molecule has 0 saturated carbocycles. The normalized spacial score (nSPS) is 12.9. The Hall–Kier alpha value is -0.240. The minimum atomic E-state index is -0.130. The van der Waals surface area contributed by atoms with Crippen LogP contribution in [0.5, 0.6) is 0 Å². The lowest BCUT2D eigenvalue weighted by atomic mass is 10.5.